The number of allylic oxidation sites excluding steroid dienone is 1. The standard InChI is InChI=1S/C19H35N3O/c1-3-20-19(21-13-9-17-7-5-4-6-8-17)22(2)14-10-18-11-15-23-16-12-18/h7,18H,3-6,8-16H2,1-2H3,(H,20,21). The Morgan fingerprint density at radius 2 is 2.17 bits per heavy atom. The number of rotatable bonds is 7. The van der Waals surface area contributed by atoms with E-state index < -0.39 is 0 Å². The van der Waals surface area contributed by atoms with Crippen molar-refractivity contribution in [3.63, 3.8) is 0 Å². The summed E-state index contributed by atoms with van der Waals surface area (Å²) < 4.78 is 5.45. The highest BCUT2D eigenvalue weighted by atomic mass is 16.5. The van der Waals surface area contributed by atoms with E-state index in [2.05, 4.69) is 30.3 Å². The van der Waals surface area contributed by atoms with E-state index in [1.165, 1.54) is 44.9 Å². The third-order valence-corrected chi connectivity index (χ3v) is 4.99. The van der Waals surface area contributed by atoms with E-state index >= 15 is 0 Å². The van der Waals surface area contributed by atoms with Crippen molar-refractivity contribution in [2.24, 2.45) is 10.9 Å². The molecule has 0 aromatic carbocycles. The van der Waals surface area contributed by atoms with Crippen LogP contribution < -0.4 is 5.32 Å². The predicted molar refractivity (Wildman–Crippen MR) is 97.9 cm³/mol. The summed E-state index contributed by atoms with van der Waals surface area (Å²) in [5, 5.41) is 3.44. The molecule has 4 nitrogen and oxygen atoms in total. The maximum atomic E-state index is 5.45. The summed E-state index contributed by atoms with van der Waals surface area (Å²) in [6, 6.07) is 0. The van der Waals surface area contributed by atoms with Crippen LogP contribution in [0.3, 0.4) is 0 Å². The van der Waals surface area contributed by atoms with Gasteiger partial charge in [0.2, 0.25) is 0 Å². The molecule has 1 N–H and O–H groups in total. The maximum absolute atomic E-state index is 5.45. The van der Waals surface area contributed by atoms with Gasteiger partial charge in [0.05, 0.1) is 0 Å². The summed E-state index contributed by atoms with van der Waals surface area (Å²) in [7, 11) is 2.17. The summed E-state index contributed by atoms with van der Waals surface area (Å²) in [6.07, 6.45) is 12.5. The number of guanidine groups is 1. The Hall–Kier alpha value is -1.03. The molecule has 1 aliphatic heterocycles. The highest BCUT2D eigenvalue weighted by Gasteiger charge is 2.15. The van der Waals surface area contributed by atoms with Crippen LogP contribution in [0.2, 0.25) is 0 Å². The van der Waals surface area contributed by atoms with E-state index in [9.17, 15) is 0 Å². The van der Waals surface area contributed by atoms with Crippen molar-refractivity contribution < 1.29 is 4.74 Å². The minimum Gasteiger partial charge on any atom is -0.381 e. The van der Waals surface area contributed by atoms with E-state index in [1.54, 1.807) is 5.57 Å². The third-order valence-electron chi connectivity index (χ3n) is 4.99. The van der Waals surface area contributed by atoms with Crippen LogP contribution in [0.15, 0.2) is 16.6 Å². The molecular formula is C19H35N3O. The van der Waals surface area contributed by atoms with E-state index in [-0.39, 0.29) is 0 Å². The summed E-state index contributed by atoms with van der Waals surface area (Å²) in [5.74, 6) is 1.89. The smallest absolute Gasteiger partial charge is 0.193 e. The average molecular weight is 322 g/mol. The maximum Gasteiger partial charge on any atom is 0.193 e. The fourth-order valence-electron chi connectivity index (χ4n) is 3.42. The zero-order valence-corrected chi connectivity index (χ0v) is 15.1. The summed E-state index contributed by atoms with van der Waals surface area (Å²) >= 11 is 0. The second-order valence-electron chi connectivity index (χ2n) is 6.86. The van der Waals surface area contributed by atoms with Gasteiger partial charge in [-0.1, -0.05) is 11.6 Å². The number of nitrogens with zero attached hydrogens (tertiary/aromatic N) is 2. The van der Waals surface area contributed by atoms with Crippen molar-refractivity contribution in [1.29, 1.82) is 0 Å². The second kappa shape index (κ2) is 10.7. The number of aliphatic imine (C=N–C) groups is 1. The first-order valence-electron chi connectivity index (χ1n) is 9.54. The van der Waals surface area contributed by atoms with Gasteiger partial charge in [-0.25, -0.2) is 0 Å². The molecule has 2 rings (SSSR count). The molecule has 0 aromatic rings. The summed E-state index contributed by atoms with van der Waals surface area (Å²) in [6.45, 7) is 6.96. The molecule has 0 amide bonds. The number of nitrogens with one attached hydrogen (secondary N) is 1. The summed E-state index contributed by atoms with van der Waals surface area (Å²) in [4.78, 5) is 7.14. The molecule has 0 radical (unpaired) electrons. The van der Waals surface area contributed by atoms with Gasteiger partial charge in [-0.15, -0.1) is 0 Å². The first-order chi connectivity index (χ1) is 11.3. The minimum atomic E-state index is 0.821. The second-order valence-corrected chi connectivity index (χ2v) is 6.86. The van der Waals surface area contributed by atoms with Gasteiger partial charge in [-0.05, 0) is 64.2 Å². The first kappa shape index (κ1) is 18.3. The molecule has 1 aliphatic carbocycles. The van der Waals surface area contributed by atoms with Gasteiger partial charge in [0.15, 0.2) is 5.96 Å². The van der Waals surface area contributed by atoms with Crippen LogP contribution in [-0.2, 0) is 4.74 Å². The number of hydrogen-bond acceptors (Lipinski definition) is 2. The molecule has 132 valence electrons. The summed E-state index contributed by atoms with van der Waals surface area (Å²) in [5.41, 5.74) is 1.61. The van der Waals surface area contributed by atoms with Gasteiger partial charge in [0.1, 0.15) is 0 Å². The van der Waals surface area contributed by atoms with Crippen molar-refractivity contribution in [2.75, 3.05) is 39.9 Å². The molecule has 2 aliphatic rings. The Bertz CT molecular complexity index is 386. The van der Waals surface area contributed by atoms with Crippen molar-refractivity contribution in [2.45, 2.75) is 58.3 Å². The Kier molecular flexibility index (Phi) is 8.51. The van der Waals surface area contributed by atoms with Gasteiger partial charge in [-0.2, -0.15) is 0 Å². The molecule has 0 saturated carbocycles. The zero-order valence-electron chi connectivity index (χ0n) is 15.1. The Morgan fingerprint density at radius 3 is 2.87 bits per heavy atom. The average Bonchev–Trinajstić information content (AvgIpc) is 2.61. The normalized spacial score (nSPS) is 20.3. The lowest BCUT2D eigenvalue weighted by Crippen LogP contribution is -2.40. The molecule has 1 saturated heterocycles. The Labute approximate surface area is 142 Å². The fraction of sp³-hybridized carbons (Fsp3) is 0.842. The van der Waals surface area contributed by atoms with Crippen LogP contribution in [0.1, 0.15) is 58.3 Å². The third kappa shape index (κ3) is 6.94. The molecule has 0 aromatic heterocycles. The van der Waals surface area contributed by atoms with E-state index in [0.717, 1.165) is 51.1 Å². The number of hydrogen-bond donors (Lipinski definition) is 1. The van der Waals surface area contributed by atoms with Crippen LogP contribution in [0.25, 0.3) is 0 Å². The lowest BCUT2D eigenvalue weighted by Gasteiger charge is -2.27. The topological polar surface area (TPSA) is 36.9 Å². The predicted octanol–water partition coefficient (Wildman–Crippen LogP) is 3.59. The minimum absolute atomic E-state index is 0.821. The van der Waals surface area contributed by atoms with Gasteiger partial charge in [0.25, 0.3) is 0 Å². The SMILES string of the molecule is CCNC(=NCCC1=CCCCC1)N(C)CCC1CCOCC1. The van der Waals surface area contributed by atoms with Gasteiger partial charge in [-0.3, -0.25) is 4.99 Å². The van der Waals surface area contributed by atoms with Crippen molar-refractivity contribution in [1.82, 2.24) is 10.2 Å². The first-order valence-corrected chi connectivity index (χ1v) is 9.54. The molecule has 0 atom stereocenters. The van der Waals surface area contributed by atoms with E-state index in [1.807, 2.05) is 0 Å². The fourth-order valence-corrected chi connectivity index (χ4v) is 3.42. The van der Waals surface area contributed by atoms with Crippen LogP contribution in [0.5, 0.6) is 0 Å². The van der Waals surface area contributed by atoms with Gasteiger partial charge in [0, 0.05) is 39.9 Å². The van der Waals surface area contributed by atoms with E-state index in [4.69, 9.17) is 9.73 Å². The molecular weight excluding hydrogens is 286 g/mol. The molecule has 23 heavy (non-hydrogen) atoms. The lowest BCUT2D eigenvalue weighted by molar-refractivity contribution is 0.0625. The van der Waals surface area contributed by atoms with Gasteiger partial charge < -0.3 is 15.0 Å². The van der Waals surface area contributed by atoms with Crippen LogP contribution in [0.4, 0.5) is 0 Å². The van der Waals surface area contributed by atoms with Crippen molar-refractivity contribution >= 4 is 5.96 Å². The highest BCUT2D eigenvalue weighted by molar-refractivity contribution is 5.79. The van der Waals surface area contributed by atoms with Crippen molar-refractivity contribution in [3.05, 3.63) is 11.6 Å². The molecule has 1 heterocycles. The molecule has 0 bridgehead atoms. The largest absolute Gasteiger partial charge is 0.381 e. The van der Waals surface area contributed by atoms with E-state index in [0.29, 0.717) is 0 Å². The zero-order chi connectivity index (χ0) is 16.3. The molecule has 0 spiro atoms. The Balaban J connectivity index is 1.75. The molecule has 1 fully saturated rings. The van der Waals surface area contributed by atoms with Gasteiger partial charge >= 0.3 is 0 Å². The quantitative estimate of drug-likeness (QED) is 0.442. The van der Waals surface area contributed by atoms with Crippen LogP contribution in [-0.4, -0.2) is 50.8 Å². The lowest BCUT2D eigenvalue weighted by atomic mass is 9.96. The molecule has 4 heteroatoms. The Morgan fingerprint density at radius 1 is 1.35 bits per heavy atom. The highest BCUT2D eigenvalue weighted by Crippen LogP contribution is 2.20. The van der Waals surface area contributed by atoms with Crippen molar-refractivity contribution in [3.8, 4) is 0 Å². The monoisotopic (exact) mass is 321 g/mol. The molecule has 0 unspecified atom stereocenters. The van der Waals surface area contributed by atoms with Crippen LogP contribution >= 0.6 is 0 Å². The van der Waals surface area contributed by atoms with Crippen LogP contribution in [0, 0.1) is 5.92 Å². The number of ether oxygens (including phenoxy) is 1.